The minimum absolute atomic E-state index is 0.107. The van der Waals surface area contributed by atoms with Crippen molar-refractivity contribution in [3.05, 3.63) is 42.6 Å². The van der Waals surface area contributed by atoms with Crippen molar-refractivity contribution in [1.29, 1.82) is 0 Å². The van der Waals surface area contributed by atoms with Crippen molar-refractivity contribution in [3.63, 3.8) is 0 Å². The van der Waals surface area contributed by atoms with Crippen LogP contribution in [0.15, 0.2) is 47.0 Å². The Kier molecular flexibility index (Phi) is 7.64. The number of aliphatic hydroxyl groups excluding tert-OH is 1. The van der Waals surface area contributed by atoms with Gasteiger partial charge in [-0.3, -0.25) is 4.72 Å². The minimum atomic E-state index is -3.70. The monoisotopic (exact) mass is 583 g/mol. The van der Waals surface area contributed by atoms with Gasteiger partial charge in [-0.2, -0.15) is 0 Å². The molecule has 41 heavy (non-hydrogen) atoms. The molecule has 1 aromatic carbocycles. The van der Waals surface area contributed by atoms with Gasteiger partial charge in [-0.15, -0.1) is 10.2 Å². The molecule has 2 saturated heterocycles. The summed E-state index contributed by atoms with van der Waals surface area (Å²) in [5.74, 6) is 0.702. The Morgan fingerprint density at radius 1 is 1.12 bits per heavy atom. The van der Waals surface area contributed by atoms with E-state index >= 15 is 0 Å². The van der Waals surface area contributed by atoms with Crippen molar-refractivity contribution in [2.75, 3.05) is 66.3 Å². The first kappa shape index (κ1) is 27.6. The predicted octanol–water partition coefficient (Wildman–Crippen LogP) is 2.08. The summed E-state index contributed by atoms with van der Waals surface area (Å²) < 4.78 is 45.7. The zero-order valence-corrected chi connectivity index (χ0v) is 23.6. The van der Waals surface area contributed by atoms with E-state index in [9.17, 15) is 8.42 Å². The Hall–Kier alpha value is -3.59. The highest BCUT2D eigenvalue weighted by Crippen LogP contribution is 2.38. The maximum Gasteiger partial charge on any atom is 0.266 e. The van der Waals surface area contributed by atoms with Crippen LogP contribution >= 0.6 is 0 Å². The van der Waals surface area contributed by atoms with Crippen molar-refractivity contribution in [2.24, 2.45) is 0 Å². The lowest BCUT2D eigenvalue weighted by Gasteiger charge is -2.40. The van der Waals surface area contributed by atoms with Crippen LogP contribution < -0.4 is 14.5 Å². The van der Waals surface area contributed by atoms with E-state index in [4.69, 9.17) is 24.0 Å². The van der Waals surface area contributed by atoms with Gasteiger partial charge in [0.1, 0.15) is 5.69 Å². The predicted molar refractivity (Wildman–Crippen MR) is 152 cm³/mol. The van der Waals surface area contributed by atoms with E-state index in [1.165, 1.54) is 0 Å². The van der Waals surface area contributed by atoms with Gasteiger partial charge in [0.25, 0.3) is 5.89 Å². The fourth-order valence-corrected chi connectivity index (χ4v) is 6.07. The molecule has 2 N–H and O–H groups in total. The van der Waals surface area contributed by atoms with Crippen LogP contribution in [0.4, 0.5) is 17.3 Å². The summed E-state index contributed by atoms with van der Waals surface area (Å²) in [6.45, 7) is 5.30. The highest BCUT2D eigenvalue weighted by Gasteiger charge is 2.32. The van der Waals surface area contributed by atoms with Crippen molar-refractivity contribution in [3.8, 4) is 23.0 Å². The smallest absolute Gasteiger partial charge is 0.266 e. The van der Waals surface area contributed by atoms with Gasteiger partial charge in [0.2, 0.25) is 21.9 Å². The highest BCUT2D eigenvalue weighted by atomic mass is 32.2. The molecule has 1 atom stereocenters. The van der Waals surface area contributed by atoms with Crippen LogP contribution in [0.1, 0.15) is 19.8 Å². The first-order chi connectivity index (χ1) is 19.8. The van der Waals surface area contributed by atoms with Crippen LogP contribution in [0.3, 0.4) is 0 Å². The van der Waals surface area contributed by atoms with Gasteiger partial charge in [0, 0.05) is 25.8 Å². The Bertz CT molecular complexity index is 1520. The number of rotatable bonds is 4. The van der Waals surface area contributed by atoms with Crippen LogP contribution in [-0.2, 0) is 19.5 Å². The normalized spacial score (nSPS) is 23.7. The molecular weight excluding hydrogens is 550 g/mol. The highest BCUT2D eigenvalue weighted by molar-refractivity contribution is 7.92. The molecule has 0 aliphatic carbocycles. The van der Waals surface area contributed by atoms with E-state index in [1.807, 2.05) is 12.2 Å². The maximum atomic E-state index is 12.4. The van der Waals surface area contributed by atoms with E-state index in [2.05, 4.69) is 36.6 Å². The third kappa shape index (κ3) is 6.20. The average molecular weight is 584 g/mol. The molecule has 14 heteroatoms. The van der Waals surface area contributed by atoms with Crippen molar-refractivity contribution >= 4 is 27.3 Å². The lowest BCUT2D eigenvalue weighted by atomic mass is 9.92. The molecule has 8 bridgehead atoms. The number of fused-ring (bicyclic) bond motifs is 4. The molecule has 4 aliphatic rings. The van der Waals surface area contributed by atoms with Gasteiger partial charge >= 0.3 is 0 Å². The molecule has 0 spiro atoms. The third-order valence-corrected chi connectivity index (χ3v) is 8.83. The van der Waals surface area contributed by atoms with E-state index in [0.29, 0.717) is 62.3 Å². The van der Waals surface area contributed by atoms with Crippen LogP contribution in [0.2, 0.25) is 0 Å². The Morgan fingerprint density at radius 2 is 1.95 bits per heavy atom. The number of nitrogens with zero attached hydrogens (tertiary/aromatic N) is 6. The number of nitrogens with one attached hydrogen (secondary N) is 1. The van der Waals surface area contributed by atoms with Gasteiger partial charge in [0.05, 0.1) is 60.8 Å². The maximum absolute atomic E-state index is 12.4. The number of aliphatic hydroxyl groups is 1. The molecule has 0 radical (unpaired) electrons. The first-order valence-corrected chi connectivity index (χ1v) is 15.3. The molecule has 218 valence electrons. The number of hydrogen-bond donors (Lipinski definition) is 2. The van der Waals surface area contributed by atoms with Crippen molar-refractivity contribution in [1.82, 2.24) is 20.2 Å². The summed E-state index contributed by atoms with van der Waals surface area (Å²) in [6, 6.07) is 6.90. The summed E-state index contributed by atoms with van der Waals surface area (Å²) in [5.41, 5.74) is 2.00. The van der Waals surface area contributed by atoms with E-state index in [1.54, 1.807) is 30.5 Å². The van der Waals surface area contributed by atoms with E-state index in [0.717, 1.165) is 18.5 Å². The fourth-order valence-electron chi connectivity index (χ4n) is 5.24. The zero-order valence-electron chi connectivity index (χ0n) is 22.8. The van der Waals surface area contributed by atoms with Gasteiger partial charge in [-0.1, -0.05) is 12.2 Å². The van der Waals surface area contributed by atoms with Crippen LogP contribution in [0, 0.1) is 0 Å². The van der Waals surface area contributed by atoms with Gasteiger partial charge in [-0.05, 0) is 44.0 Å². The number of hydrogen-bond acceptors (Lipinski definition) is 12. The molecule has 3 aromatic rings. The molecule has 2 fully saturated rings. The Morgan fingerprint density at radius 3 is 2.78 bits per heavy atom. The summed E-state index contributed by atoms with van der Waals surface area (Å²) in [7, 11) is -3.70. The molecule has 0 saturated carbocycles. The quantitative estimate of drug-likeness (QED) is 0.432. The largest absolute Gasteiger partial charge is 0.415 e. The lowest BCUT2D eigenvalue weighted by Crippen LogP contribution is -2.44. The molecule has 0 amide bonds. The third-order valence-electron chi connectivity index (χ3n) is 7.57. The zero-order chi connectivity index (χ0) is 28.5. The molecular formula is C27H33N7O6S. The van der Waals surface area contributed by atoms with Crippen LogP contribution in [0.25, 0.3) is 23.0 Å². The molecule has 1 unspecified atom stereocenters. The summed E-state index contributed by atoms with van der Waals surface area (Å²) in [4.78, 5) is 13.4. The average Bonchev–Trinajstić information content (AvgIpc) is 3.46. The number of aromatic nitrogens is 4. The molecule has 7 rings (SSSR count). The van der Waals surface area contributed by atoms with Crippen LogP contribution in [-0.4, -0.2) is 97.1 Å². The SMILES string of the molecule is CC12CCN(CC1)c1cc(NS(=O)(=O)CCO)ccc1-c1nnc(o1)-c1ccnc(n1)N1CCOC(/C=C\CO2)C1. The standard InChI is InChI=1S/C27H33N7O6S/c1-27-7-10-33(11-8-27)23-17-19(32-41(36,37)16-13-35)4-5-21(23)24-30-31-25(40-24)22-6-9-28-26(29-22)34-12-15-38-20(18-34)3-2-14-39-27/h2-6,9,17,20,32,35H,7-8,10-16,18H2,1H3/b3-2-. The molecule has 4 aliphatic heterocycles. The second kappa shape index (κ2) is 11.4. The van der Waals surface area contributed by atoms with E-state index in [-0.39, 0.29) is 23.5 Å². The minimum Gasteiger partial charge on any atom is -0.415 e. The summed E-state index contributed by atoms with van der Waals surface area (Å²) >= 11 is 0. The topological polar surface area (TPSA) is 156 Å². The van der Waals surface area contributed by atoms with Crippen molar-refractivity contribution < 1.29 is 27.4 Å². The molecule has 13 nitrogen and oxygen atoms in total. The van der Waals surface area contributed by atoms with Gasteiger partial charge < -0.3 is 28.8 Å². The molecule has 2 aromatic heterocycles. The number of ether oxygens (including phenoxy) is 2. The second-order valence-corrected chi connectivity index (χ2v) is 12.4. The van der Waals surface area contributed by atoms with Crippen LogP contribution in [0.5, 0.6) is 0 Å². The number of piperidine rings is 1. The molecule has 6 heterocycles. The van der Waals surface area contributed by atoms with E-state index < -0.39 is 22.4 Å². The summed E-state index contributed by atoms with van der Waals surface area (Å²) in [6.07, 6.45) is 7.14. The van der Waals surface area contributed by atoms with Gasteiger partial charge in [-0.25, -0.2) is 18.4 Å². The number of anilines is 3. The van der Waals surface area contributed by atoms with Crippen molar-refractivity contribution in [2.45, 2.75) is 31.5 Å². The number of morpholine rings is 1. The number of benzene rings is 1. The first-order valence-electron chi connectivity index (χ1n) is 13.7. The number of sulfonamides is 1. The lowest BCUT2D eigenvalue weighted by molar-refractivity contribution is -0.0339. The van der Waals surface area contributed by atoms with Gasteiger partial charge in [0.15, 0.2) is 0 Å². The second-order valence-electron chi connectivity index (χ2n) is 10.6. The summed E-state index contributed by atoms with van der Waals surface area (Å²) in [5, 5.41) is 17.8. The Balaban J connectivity index is 1.39. The Labute approximate surface area is 238 Å². The fraction of sp³-hybridized carbons (Fsp3) is 0.481.